The van der Waals surface area contributed by atoms with E-state index in [4.69, 9.17) is 4.74 Å². The molecule has 0 aromatic heterocycles. The highest BCUT2D eigenvalue weighted by atomic mass is 16.5. The van der Waals surface area contributed by atoms with E-state index in [2.05, 4.69) is 37.4 Å². The monoisotopic (exact) mass is 273 g/mol. The Morgan fingerprint density at radius 1 is 1.25 bits per heavy atom. The topological polar surface area (TPSA) is 21.3 Å². The summed E-state index contributed by atoms with van der Waals surface area (Å²) in [6, 6.07) is 6.81. The van der Waals surface area contributed by atoms with Gasteiger partial charge in [-0.05, 0) is 68.2 Å². The zero-order valence-electron chi connectivity index (χ0n) is 13.1. The first-order chi connectivity index (χ1) is 9.63. The first-order valence-electron chi connectivity index (χ1n) is 7.99. The molecule has 110 valence electrons. The molecule has 0 bridgehead atoms. The van der Waals surface area contributed by atoms with E-state index in [-0.39, 0.29) is 0 Å². The third-order valence-electron chi connectivity index (χ3n) is 5.29. The fraction of sp³-hybridized carbons (Fsp3) is 0.667. The van der Waals surface area contributed by atoms with Gasteiger partial charge < -0.3 is 10.1 Å². The maximum absolute atomic E-state index is 5.52. The average Bonchev–Trinajstić information content (AvgIpc) is 3.19. The number of nitrogens with one attached hydrogen (secondary N) is 1. The highest BCUT2D eigenvalue weighted by Gasteiger charge is 2.60. The van der Waals surface area contributed by atoms with Gasteiger partial charge >= 0.3 is 0 Å². The second kappa shape index (κ2) is 5.07. The molecule has 1 spiro atoms. The molecule has 2 heteroatoms. The Morgan fingerprint density at radius 2 is 2.00 bits per heavy atom. The van der Waals surface area contributed by atoms with Crippen LogP contribution in [0.3, 0.4) is 0 Å². The van der Waals surface area contributed by atoms with Crippen LogP contribution in [0.2, 0.25) is 0 Å². The Bertz CT molecular complexity index is 482. The molecule has 3 rings (SSSR count). The summed E-state index contributed by atoms with van der Waals surface area (Å²) in [4.78, 5) is 0. The lowest BCUT2D eigenvalue weighted by Gasteiger charge is -2.50. The first-order valence-corrected chi connectivity index (χ1v) is 7.99. The number of ether oxygens (including phenoxy) is 1. The Labute approximate surface area is 122 Å². The molecule has 0 unspecified atom stereocenters. The summed E-state index contributed by atoms with van der Waals surface area (Å²) in [5.41, 5.74) is 3.77. The zero-order valence-corrected chi connectivity index (χ0v) is 13.1. The fourth-order valence-electron chi connectivity index (χ4n) is 4.00. The fourth-order valence-corrected chi connectivity index (χ4v) is 4.00. The summed E-state index contributed by atoms with van der Waals surface area (Å²) in [5, 5.41) is 3.65. The number of rotatable bonds is 6. The summed E-state index contributed by atoms with van der Waals surface area (Å²) in [7, 11) is 1.78. The van der Waals surface area contributed by atoms with Crippen LogP contribution in [0, 0.1) is 12.3 Å². The molecule has 1 aromatic carbocycles. The van der Waals surface area contributed by atoms with Crippen molar-refractivity contribution in [2.45, 2.75) is 51.4 Å². The smallest absolute Gasteiger partial charge is 0.122 e. The summed E-state index contributed by atoms with van der Waals surface area (Å²) >= 11 is 0. The van der Waals surface area contributed by atoms with Crippen molar-refractivity contribution < 1.29 is 4.74 Å². The quantitative estimate of drug-likeness (QED) is 0.796. The van der Waals surface area contributed by atoms with Crippen LogP contribution >= 0.6 is 0 Å². The van der Waals surface area contributed by atoms with Crippen molar-refractivity contribution in [2.24, 2.45) is 5.41 Å². The van der Waals surface area contributed by atoms with Crippen LogP contribution < -0.4 is 10.1 Å². The molecular formula is C18H27NO. The summed E-state index contributed by atoms with van der Waals surface area (Å²) in [5.74, 6) is 1.04. The summed E-state index contributed by atoms with van der Waals surface area (Å²) in [6.07, 6.45) is 6.83. The van der Waals surface area contributed by atoms with Gasteiger partial charge in [-0.15, -0.1) is 0 Å². The molecule has 1 aromatic rings. The van der Waals surface area contributed by atoms with Crippen LogP contribution in [-0.4, -0.2) is 20.2 Å². The number of benzene rings is 1. The molecule has 20 heavy (non-hydrogen) atoms. The molecule has 0 atom stereocenters. The molecule has 0 radical (unpaired) electrons. The summed E-state index contributed by atoms with van der Waals surface area (Å²) < 4.78 is 5.52. The number of aryl methyl sites for hydroxylation is 1. The highest BCUT2D eigenvalue weighted by molar-refractivity contribution is 5.42. The van der Waals surface area contributed by atoms with E-state index < -0.39 is 0 Å². The molecule has 2 saturated carbocycles. The molecule has 2 nitrogen and oxygen atoms in total. The first kappa shape index (κ1) is 13.9. The van der Waals surface area contributed by atoms with Gasteiger partial charge in [0.25, 0.3) is 0 Å². The lowest BCUT2D eigenvalue weighted by molar-refractivity contribution is 0.116. The van der Waals surface area contributed by atoms with Gasteiger partial charge in [0.05, 0.1) is 7.11 Å². The molecule has 2 aliphatic carbocycles. The molecule has 0 saturated heterocycles. The molecular weight excluding hydrogens is 246 g/mol. The average molecular weight is 273 g/mol. The standard InChI is InChI=1S/C18H27NO/c1-4-9-19-13-18(11-17(12-18)7-8-17)15-6-5-14(2)16(10-15)20-3/h5-6,10,19H,4,7-9,11-13H2,1-3H3. The minimum Gasteiger partial charge on any atom is -0.496 e. The van der Waals surface area contributed by atoms with Gasteiger partial charge in [-0.3, -0.25) is 0 Å². The number of hydrogen-bond donors (Lipinski definition) is 1. The highest BCUT2D eigenvalue weighted by Crippen LogP contribution is 2.68. The van der Waals surface area contributed by atoms with E-state index in [9.17, 15) is 0 Å². The third kappa shape index (κ3) is 2.35. The number of methoxy groups -OCH3 is 1. The van der Waals surface area contributed by atoms with Crippen molar-refractivity contribution in [2.75, 3.05) is 20.2 Å². The largest absolute Gasteiger partial charge is 0.496 e. The van der Waals surface area contributed by atoms with Gasteiger partial charge in [-0.2, -0.15) is 0 Å². The maximum Gasteiger partial charge on any atom is 0.122 e. The van der Waals surface area contributed by atoms with Crippen LogP contribution in [-0.2, 0) is 5.41 Å². The van der Waals surface area contributed by atoms with Crippen molar-refractivity contribution in [1.82, 2.24) is 5.32 Å². The van der Waals surface area contributed by atoms with E-state index in [0.717, 1.165) is 18.8 Å². The van der Waals surface area contributed by atoms with E-state index in [1.807, 2.05) is 0 Å². The van der Waals surface area contributed by atoms with Gasteiger partial charge in [-0.1, -0.05) is 19.1 Å². The molecule has 0 aliphatic heterocycles. The minimum atomic E-state index is 0.354. The van der Waals surface area contributed by atoms with Crippen molar-refractivity contribution in [3.05, 3.63) is 29.3 Å². The van der Waals surface area contributed by atoms with Crippen LogP contribution in [0.1, 0.15) is 50.2 Å². The Hall–Kier alpha value is -1.02. The van der Waals surface area contributed by atoms with E-state index >= 15 is 0 Å². The predicted molar refractivity (Wildman–Crippen MR) is 83.5 cm³/mol. The lowest BCUT2D eigenvalue weighted by atomic mass is 9.56. The lowest BCUT2D eigenvalue weighted by Crippen LogP contribution is -2.49. The van der Waals surface area contributed by atoms with E-state index in [1.54, 1.807) is 7.11 Å². The Balaban J connectivity index is 1.82. The predicted octanol–water partition coefficient (Wildman–Crippen LogP) is 3.82. The maximum atomic E-state index is 5.52. The molecule has 2 aliphatic rings. The van der Waals surface area contributed by atoms with Crippen LogP contribution in [0.5, 0.6) is 5.75 Å². The van der Waals surface area contributed by atoms with E-state index in [1.165, 1.54) is 43.2 Å². The van der Waals surface area contributed by atoms with Gasteiger partial charge in [0.2, 0.25) is 0 Å². The summed E-state index contributed by atoms with van der Waals surface area (Å²) in [6.45, 7) is 6.60. The molecule has 0 heterocycles. The van der Waals surface area contributed by atoms with Crippen LogP contribution in [0.15, 0.2) is 18.2 Å². The third-order valence-corrected chi connectivity index (χ3v) is 5.29. The van der Waals surface area contributed by atoms with Gasteiger partial charge in [0.1, 0.15) is 5.75 Å². The number of hydrogen-bond acceptors (Lipinski definition) is 2. The SMILES string of the molecule is CCCNCC1(c2ccc(C)c(OC)c2)CC2(CC2)C1. The normalized spacial score (nSPS) is 21.6. The zero-order chi connectivity index (χ0) is 14.2. The van der Waals surface area contributed by atoms with Crippen molar-refractivity contribution >= 4 is 0 Å². The Morgan fingerprint density at radius 3 is 2.60 bits per heavy atom. The van der Waals surface area contributed by atoms with Crippen molar-refractivity contribution in [3.63, 3.8) is 0 Å². The molecule has 2 fully saturated rings. The van der Waals surface area contributed by atoms with Crippen LogP contribution in [0.4, 0.5) is 0 Å². The van der Waals surface area contributed by atoms with Crippen molar-refractivity contribution in [3.8, 4) is 5.75 Å². The Kier molecular flexibility index (Phi) is 3.53. The second-order valence-electron chi connectivity index (χ2n) is 7.00. The van der Waals surface area contributed by atoms with Crippen LogP contribution in [0.25, 0.3) is 0 Å². The molecule has 0 amide bonds. The van der Waals surface area contributed by atoms with Crippen molar-refractivity contribution in [1.29, 1.82) is 0 Å². The van der Waals surface area contributed by atoms with Gasteiger partial charge in [0.15, 0.2) is 0 Å². The second-order valence-corrected chi connectivity index (χ2v) is 7.00. The minimum absolute atomic E-state index is 0.354. The van der Waals surface area contributed by atoms with E-state index in [0.29, 0.717) is 10.8 Å². The molecule has 1 N–H and O–H groups in total. The van der Waals surface area contributed by atoms with Gasteiger partial charge in [-0.25, -0.2) is 0 Å². The van der Waals surface area contributed by atoms with Gasteiger partial charge in [0, 0.05) is 12.0 Å².